The topological polar surface area (TPSA) is 56.8 Å². The molecule has 2 aliphatic rings. The van der Waals surface area contributed by atoms with Crippen molar-refractivity contribution in [3.63, 3.8) is 0 Å². The molecule has 4 heterocycles. The Bertz CT molecular complexity index is 1380. The second kappa shape index (κ2) is 9.14. The van der Waals surface area contributed by atoms with Gasteiger partial charge >= 0.3 is 0 Å². The quantitative estimate of drug-likeness (QED) is 0.411. The number of likely N-dealkylation sites (tertiary alicyclic amines) is 1. The van der Waals surface area contributed by atoms with Crippen LogP contribution < -0.4 is 0 Å². The standard InChI is InChI=1S/C26H23FN4O2S2/c27-22-20-14-18(17-4-2-1-3-5-17)6-7-21(20)35-23(22)25(32)31-15-19(16-31)29-9-11-30(12-10-29)26(33)24-28-8-13-34-24/h1-8,13-14,19H,9-12,15-16H2. The highest BCUT2D eigenvalue weighted by molar-refractivity contribution is 7.20. The summed E-state index contributed by atoms with van der Waals surface area (Å²) in [6.45, 7) is 4.01. The molecule has 2 amide bonds. The molecule has 6 nitrogen and oxygen atoms in total. The Morgan fingerprint density at radius 2 is 1.69 bits per heavy atom. The van der Waals surface area contributed by atoms with Crippen LogP contribution in [0.3, 0.4) is 0 Å². The first kappa shape index (κ1) is 22.3. The fourth-order valence-corrected chi connectivity index (χ4v) is 6.40. The summed E-state index contributed by atoms with van der Waals surface area (Å²) in [6, 6.07) is 15.8. The minimum atomic E-state index is -0.425. The van der Waals surface area contributed by atoms with Gasteiger partial charge in [0.2, 0.25) is 0 Å². The molecule has 0 radical (unpaired) electrons. The molecular formula is C26H23FN4O2S2. The van der Waals surface area contributed by atoms with Crippen LogP contribution in [0.25, 0.3) is 21.2 Å². The van der Waals surface area contributed by atoms with Crippen LogP contribution in [-0.2, 0) is 0 Å². The van der Waals surface area contributed by atoms with Crippen LogP contribution in [0.5, 0.6) is 0 Å². The van der Waals surface area contributed by atoms with Crippen molar-refractivity contribution in [3.05, 3.63) is 75.8 Å². The second-order valence-electron chi connectivity index (χ2n) is 8.85. The van der Waals surface area contributed by atoms with Crippen molar-refractivity contribution >= 4 is 44.6 Å². The maximum Gasteiger partial charge on any atom is 0.282 e. The Kier molecular flexibility index (Phi) is 5.83. The number of rotatable bonds is 4. The minimum Gasteiger partial charge on any atom is -0.335 e. The Hall–Kier alpha value is -3.14. The van der Waals surface area contributed by atoms with E-state index in [1.54, 1.807) is 11.1 Å². The molecule has 0 bridgehead atoms. The van der Waals surface area contributed by atoms with E-state index < -0.39 is 5.82 Å². The second-order valence-corrected chi connectivity index (χ2v) is 10.8. The largest absolute Gasteiger partial charge is 0.335 e. The summed E-state index contributed by atoms with van der Waals surface area (Å²) in [6.07, 6.45) is 1.65. The highest BCUT2D eigenvalue weighted by Gasteiger charge is 2.38. The number of thiazole rings is 1. The zero-order chi connectivity index (χ0) is 23.9. The minimum absolute atomic E-state index is 0.0132. The molecule has 2 saturated heterocycles. The summed E-state index contributed by atoms with van der Waals surface area (Å²) < 4.78 is 16.1. The Morgan fingerprint density at radius 3 is 2.40 bits per heavy atom. The molecule has 6 rings (SSSR count). The van der Waals surface area contributed by atoms with Crippen LogP contribution in [-0.4, -0.2) is 76.8 Å². The van der Waals surface area contributed by atoms with Gasteiger partial charge < -0.3 is 9.80 Å². The van der Waals surface area contributed by atoms with E-state index in [4.69, 9.17) is 0 Å². The summed E-state index contributed by atoms with van der Waals surface area (Å²) in [4.78, 5) is 35.8. The predicted molar refractivity (Wildman–Crippen MR) is 137 cm³/mol. The lowest BCUT2D eigenvalue weighted by molar-refractivity contribution is 0.00860. The first-order valence-corrected chi connectivity index (χ1v) is 13.3. The number of carbonyl (C=O) groups is 2. The average Bonchev–Trinajstić information content (AvgIpc) is 3.52. The van der Waals surface area contributed by atoms with Gasteiger partial charge in [-0.05, 0) is 23.3 Å². The van der Waals surface area contributed by atoms with Crippen LogP contribution in [0.1, 0.15) is 19.5 Å². The van der Waals surface area contributed by atoms with E-state index in [2.05, 4.69) is 9.88 Å². The molecule has 2 aliphatic heterocycles. The first-order valence-electron chi connectivity index (χ1n) is 11.6. The molecule has 0 spiro atoms. The van der Waals surface area contributed by atoms with Crippen LogP contribution in [0.2, 0.25) is 0 Å². The van der Waals surface area contributed by atoms with E-state index in [0.717, 1.165) is 28.9 Å². The molecule has 0 N–H and O–H groups in total. The van der Waals surface area contributed by atoms with Crippen molar-refractivity contribution in [2.45, 2.75) is 6.04 Å². The van der Waals surface area contributed by atoms with E-state index in [1.807, 2.05) is 58.8 Å². The number of fused-ring (bicyclic) bond motifs is 1. The molecule has 0 aliphatic carbocycles. The van der Waals surface area contributed by atoms with Gasteiger partial charge in [0, 0.05) is 67.0 Å². The van der Waals surface area contributed by atoms with Gasteiger partial charge in [0.1, 0.15) is 4.88 Å². The number of thiophene rings is 1. The average molecular weight is 507 g/mol. The van der Waals surface area contributed by atoms with E-state index in [0.29, 0.717) is 36.6 Å². The number of halogens is 1. The fraction of sp³-hybridized carbons (Fsp3) is 0.269. The molecule has 178 valence electrons. The molecular weight excluding hydrogens is 483 g/mol. The summed E-state index contributed by atoms with van der Waals surface area (Å²) in [5.74, 6) is -0.676. The third kappa shape index (κ3) is 4.13. The zero-order valence-corrected chi connectivity index (χ0v) is 20.5. The van der Waals surface area contributed by atoms with Crippen molar-refractivity contribution in [3.8, 4) is 11.1 Å². The fourth-order valence-electron chi connectivity index (χ4n) is 4.77. The van der Waals surface area contributed by atoms with E-state index in [9.17, 15) is 9.59 Å². The SMILES string of the molecule is O=C(c1nccs1)N1CCN(C2CN(C(=O)c3sc4ccc(-c5ccccc5)cc4c3F)C2)CC1. The predicted octanol–water partition coefficient (Wildman–Crippen LogP) is 4.45. The van der Waals surface area contributed by atoms with Gasteiger partial charge in [-0.3, -0.25) is 14.5 Å². The lowest BCUT2D eigenvalue weighted by Gasteiger charge is -2.47. The smallest absolute Gasteiger partial charge is 0.282 e. The molecule has 4 aromatic rings. The van der Waals surface area contributed by atoms with Gasteiger partial charge in [0.25, 0.3) is 11.8 Å². The molecule has 0 unspecified atom stereocenters. The monoisotopic (exact) mass is 506 g/mol. The van der Waals surface area contributed by atoms with Crippen molar-refractivity contribution in [1.82, 2.24) is 19.7 Å². The number of piperazine rings is 1. The number of hydrogen-bond donors (Lipinski definition) is 0. The van der Waals surface area contributed by atoms with Crippen molar-refractivity contribution in [2.75, 3.05) is 39.3 Å². The third-order valence-electron chi connectivity index (χ3n) is 6.81. The Labute approximate surface area is 210 Å². The number of amides is 2. The highest BCUT2D eigenvalue weighted by Crippen LogP contribution is 2.35. The first-order chi connectivity index (χ1) is 17.1. The number of aromatic nitrogens is 1. The highest BCUT2D eigenvalue weighted by atomic mass is 32.1. The number of carbonyl (C=O) groups excluding carboxylic acids is 2. The van der Waals surface area contributed by atoms with Crippen LogP contribution in [0, 0.1) is 5.82 Å². The summed E-state index contributed by atoms with van der Waals surface area (Å²) >= 11 is 2.58. The molecule has 0 saturated carbocycles. The Morgan fingerprint density at radius 1 is 0.914 bits per heavy atom. The molecule has 2 aromatic heterocycles. The van der Waals surface area contributed by atoms with E-state index >= 15 is 4.39 Å². The number of hydrogen-bond acceptors (Lipinski definition) is 6. The summed E-state index contributed by atoms with van der Waals surface area (Å²) in [5, 5.41) is 2.84. The lowest BCUT2D eigenvalue weighted by Crippen LogP contribution is -2.64. The van der Waals surface area contributed by atoms with Gasteiger partial charge in [-0.25, -0.2) is 9.37 Å². The van der Waals surface area contributed by atoms with Crippen LogP contribution in [0.4, 0.5) is 4.39 Å². The van der Waals surface area contributed by atoms with Gasteiger partial charge in [-0.2, -0.15) is 0 Å². The van der Waals surface area contributed by atoms with E-state index in [-0.39, 0.29) is 22.7 Å². The van der Waals surface area contributed by atoms with Crippen LogP contribution >= 0.6 is 22.7 Å². The molecule has 9 heteroatoms. The van der Waals surface area contributed by atoms with Gasteiger partial charge in [-0.15, -0.1) is 22.7 Å². The zero-order valence-electron chi connectivity index (χ0n) is 18.9. The Balaban J connectivity index is 1.09. The molecule has 2 aromatic carbocycles. The van der Waals surface area contributed by atoms with Crippen molar-refractivity contribution < 1.29 is 14.0 Å². The van der Waals surface area contributed by atoms with Crippen molar-refractivity contribution in [1.29, 1.82) is 0 Å². The van der Waals surface area contributed by atoms with E-state index in [1.165, 1.54) is 22.7 Å². The summed E-state index contributed by atoms with van der Waals surface area (Å²) in [5.41, 5.74) is 1.96. The summed E-state index contributed by atoms with van der Waals surface area (Å²) in [7, 11) is 0. The maximum absolute atomic E-state index is 15.3. The molecule has 2 fully saturated rings. The van der Waals surface area contributed by atoms with Gasteiger partial charge in [0.05, 0.1) is 0 Å². The number of nitrogens with zero attached hydrogens (tertiary/aromatic N) is 4. The van der Waals surface area contributed by atoms with Crippen molar-refractivity contribution in [2.24, 2.45) is 0 Å². The van der Waals surface area contributed by atoms with Gasteiger partial charge in [0.15, 0.2) is 10.8 Å². The molecule has 35 heavy (non-hydrogen) atoms. The normalized spacial score (nSPS) is 17.1. The molecule has 0 atom stereocenters. The third-order valence-corrected chi connectivity index (χ3v) is 8.71. The van der Waals surface area contributed by atoms with Gasteiger partial charge in [-0.1, -0.05) is 36.4 Å². The maximum atomic E-state index is 15.3. The number of benzene rings is 2. The lowest BCUT2D eigenvalue weighted by atomic mass is 10.0. The van der Waals surface area contributed by atoms with Crippen LogP contribution in [0.15, 0.2) is 60.1 Å².